The van der Waals surface area contributed by atoms with Crippen LogP contribution >= 0.6 is 15.9 Å². The summed E-state index contributed by atoms with van der Waals surface area (Å²) >= 11 is 3.27. The highest BCUT2D eigenvalue weighted by Crippen LogP contribution is 2.25. The highest BCUT2D eigenvalue weighted by molar-refractivity contribution is 9.10. The third-order valence-corrected chi connectivity index (χ3v) is 3.95. The molecule has 0 radical (unpaired) electrons. The van der Waals surface area contributed by atoms with E-state index in [1.54, 1.807) is 6.07 Å². The van der Waals surface area contributed by atoms with Gasteiger partial charge in [0.15, 0.2) is 0 Å². The van der Waals surface area contributed by atoms with Crippen LogP contribution in [0, 0.1) is 5.92 Å². The van der Waals surface area contributed by atoms with Crippen molar-refractivity contribution in [1.29, 1.82) is 0 Å². The Hall–Kier alpha value is -0.900. The van der Waals surface area contributed by atoms with Crippen molar-refractivity contribution in [1.82, 2.24) is 10.3 Å². The molecule has 0 spiro atoms. The third-order valence-electron chi connectivity index (χ3n) is 3.51. The number of carbonyl (C=O) groups is 1. The second-order valence-electron chi connectivity index (χ2n) is 4.89. The number of pyridine rings is 1. The van der Waals surface area contributed by atoms with Crippen LogP contribution in [0.15, 0.2) is 22.8 Å². The minimum Gasteiger partial charge on any atom is -0.351 e. The van der Waals surface area contributed by atoms with Gasteiger partial charge in [0, 0.05) is 6.54 Å². The maximum atomic E-state index is 11.8. The third kappa shape index (κ3) is 4.09. The number of rotatable bonds is 4. The molecule has 1 amide bonds. The molecule has 4 heteroatoms. The summed E-state index contributed by atoms with van der Waals surface area (Å²) in [6.45, 7) is 0.762. The fraction of sp³-hybridized carbons (Fsp3) is 0.571. The zero-order chi connectivity index (χ0) is 12.8. The molecule has 1 N–H and O–H groups in total. The zero-order valence-electron chi connectivity index (χ0n) is 10.5. The van der Waals surface area contributed by atoms with E-state index in [9.17, 15) is 4.79 Å². The molecule has 0 bridgehead atoms. The Morgan fingerprint density at radius 1 is 1.33 bits per heavy atom. The number of amides is 1. The number of halogens is 1. The zero-order valence-corrected chi connectivity index (χ0v) is 12.1. The molecule has 2 rings (SSSR count). The Morgan fingerprint density at radius 3 is 2.83 bits per heavy atom. The largest absolute Gasteiger partial charge is 0.351 e. The van der Waals surface area contributed by atoms with E-state index in [1.165, 1.54) is 32.1 Å². The van der Waals surface area contributed by atoms with Gasteiger partial charge in [0.2, 0.25) is 0 Å². The average molecular weight is 311 g/mol. The SMILES string of the molecule is O=C(NCCC1CCCCC1)c1cccc(Br)n1. The summed E-state index contributed by atoms with van der Waals surface area (Å²) in [5, 5.41) is 2.95. The first-order chi connectivity index (χ1) is 8.75. The Labute approximate surface area is 117 Å². The van der Waals surface area contributed by atoms with E-state index in [0.717, 1.165) is 18.9 Å². The predicted octanol–water partition coefficient (Wildman–Crippen LogP) is 3.54. The van der Waals surface area contributed by atoms with Gasteiger partial charge in [0.25, 0.3) is 5.91 Å². The van der Waals surface area contributed by atoms with Gasteiger partial charge in [-0.15, -0.1) is 0 Å². The second kappa shape index (κ2) is 6.88. The van der Waals surface area contributed by atoms with Crippen molar-refractivity contribution in [3.8, 4) is 0 Å². The van der Waals surface area contributed by atoms with Crippen LogP contribution < -0.4 is 5.32 Å². The number of nitrogens with zero attached hydrogens (tertiary/aromatic N) is 1. The Morgan fingerprint density at radius 2 is 2.11 bits per heavy atom. The van der Waals surface area contributed by atoms with E-state index in [4.69, 9.17) is 0 Å². The van der Waals surface area contributed by atoms with Crippen LogP contribution in [0.1, 0.15) is 49.0 Å². The van der Waals surface area contributed by atoms with Gasteiger partial charge in [-0.3, -0.25) is 4.79 Å². The summed E-state index contributed by atoms with van der Waals surface area (Å²) in [5.74, 6) is 0.724. The summed E-state index contributed by atoms with van der Waals surface area (Å²) in [6, 6.07) is 5.38. The minimum absolute atomic E-state index is 0.0768. The topological polar surface area (TPSA) is 42.0 Å². The Balaban J connectivity index is 1.74. The van der Waals surface area contributed by atoms with E-state index >= 15 is 0 Å². The molecule has 1 aromatic rings. The standard InChI is InChI=1S/C14H19BrN2O/c15-13-8-4-7-12(17-13)14(18)16-10-9-11-5-2-1-3-6-11/h4,7-8,11H,1-3,5-6,9-10H2,(H,16,18). The normalized spacial score (nSPS) is 16.5. The van der Waals surface area contributed by atoms with Gasteiger partial charge in [-0.2, -0.15) is 0 Å². The van der Waals surface area contributed by atoms with Gasteiger partial charge in [-0.05, 0) is 40.4 Å². The van der Waals surface area contributed by atoms with E-state index < -0.39 is 0 Å². The summed E-state index contributed by atoms with van der Waals surface area (Å²) in [7, 11) is 0. The van der Waals surface area contributed by atoms with Gasteiger partial charge >= 0.3 is 0 Å². The minimum atomic E-state index is -0.0768. The molecular formula is C14H19BrN2O. The quantitative estimate of drug-likeness (QED) is 0.864. The molecule has 1 fully saturated rings. The van der Waals surface area contributed by atoms with Crippen molar-refractivity contribution in [2.75, 3.05) is 6.54 Å². The maximum absolute atomic E-state index is 11.8. The van der Waals surface area contributed by atoms with Crippen molar-refractivity contribution in [2.45, 2.75) is 38.5 Å². The number of carbonyl (C=O) groups excluding carboxylic acids is 1. The van der Waals surface area contributed by atoms with Crippen molar-refractivity contribution in [3.63, 3.8) is 0 Å². The summed E-state index contributed by atoms with van der Waals surface area (Å²) in [6.07, 6.45) is 7.83. The summed E-state index contributed by atoms with van der Waals surface area (Å²) in [5.41, 5.74) is 0.480. The monoisotopic (exact) mass is 310 g/mol. The predicted molar refractivity (Wildman–Crippen MR) is 75.5 cm³/mol. The van der Waals surface area contributed by atoms with Crippen molar-refractivity contribution in [3.05, 3.63) is 28.5 Å². The first kappa shape index (κ1) is 13.5. The fourth-order valence-corrected chi connectivity index (χ4v) is 2.83. The molecule has 1 heterocycles. The molecule has 98 valence electrons. The van der Waals surface area contributed by atoms with Crippen LogP contribution in [0.2, 0.25) is 0 Å². The molecule has 0 saturated heterocycles. The molecule has 1 aliphatic rings. The Kier molecular flexibility index (Phi) is 5.17. The van der Waals surface area contributed by atoms with E-state index in [-0.39, 0.29) is 5.91 Å². The van der Waals surface area contributed by atoms with Crippen molar-refractivity contribution in [2.24, 2.45) is 5.92 Å². The van der Waals surface area contributed by atoms with Gasteiger partial charge in [0.05, 0.1) is 0 Å². The highest BCUT2D eigenvalue weighted by atomic mass is 79.9. The van der Waals surface area contributed by atoms with Crippen LogP contribution in [0.25, 0.3) is 0 Å². The molecule has 3 nitrogen and oxygen atoms in total. The van der Waals surface area contributed by atoms with Gasteiger partial charge in [-0.1, -0.05) is 38.2 Å². The van der Waals surface area contributed by atoms with E-state index in [2.05, 4.69) is 26.2 Å². The van der Waals surface area contributed by atoms with Crippen LogP contribution in [-0.4, -0.2) is 17.4 Å². The first-order valence-electron chi connectivity index (χ1n) is 6.66. The number of aromatic nitrogens is 1. The highest BCUT2D eigenvalue weighted by Gasteiger charge is 2.14. The molecule has 1 aromatic heterocycles. The van der Waals surface area contributed by atoms with Crippen molar-refractivity contribution < 1.29 is 4.79 Å². The molecule has 1 saturated carbocycles. The lowest BCUT2D eigenvalue weighted by Gasteiger charge is -2.21. The first-order valence-corrected chi connectivity index (χ1v) is 7.46. The number of nitrogens with one attached hydrogen (secondary N) is 1. The lowest BCUT2D eigenvalue weighted by Crippen LogP contribution is -2.27. The fourth-order valence-electron chi connectivity index (χ4n) is 2.49. The molecule has 0 unspecified atom stereocenters. The summed E-state index contributed by atoms with van der Waals surface area (Å²) in [4.78, 5) is 16.0. The average Bonchev–Trinajstić information content (AvgIpc) is 2.40. The smallest absolute Gasteiger partial charge is 0.269 e. The molecule has 0 aromatic carbocycles. The van der Waals surface area contributed by atoms with Crippen LogP contribution in [0.5, 0.6) is 0 Å². The van der Waals surface area contributed by atoms with Crippen LogP contribution in [0.4, 0.5) is 0 Å². The maximum Gasteiger partial charge on any atom is 0.269 e. The number of hydrogen-bond acceptors (Lipinski definition) is 2. The lowest BCUT2D eigenvalue weighted by molar-refractivity contribution is 0.0945. The van der Waals surface area contributed by atoms with E-state index in [1.807, 2.05) is 12.1 Å². The summed E-state index contributed by atoms with van der Waals surface area (Å²) < 4.78 is 0.697. The molecule has 0 atom stereocenters. The molecule has 18 heavy (non-hydrogen) atoms. The van der Waals surface area contributed by atoms with Gasteiger partial charge in [-0.25, -0.2) is 4.98 Å². The van der Waals surface area contributed by atoms with Crippen LogP contribution in [-0.2, 0) is 0 Å². The van der Waals surface area contributed by atoms with Gasteiger partial charge in [0.1, 0.15) is 10.3 Å². The van der Waals surface area contributed by atoms with Crippen molar-refractivity contribution >= 4 is 21.8 Å². The van der Waals surface area contributed by atoms with Crippen LogP contribution in [0.3, 0.4) is 0 Å². The van der Waals surface area contributed by atoms with E-state index in [0.29, 0.717) is 10.3 Å². The second-order valence-corrected chi connectivity index (χ2v) is 5.71. The molecule has 0 aliphatic heterocycles. The lowest BCUT2D eigenvalue weighted by atomic mass is 9.87. The molecular weight excluding hydrogens is 292 g/mol. The number of hydrogen-bond donors (Lipinski definition) is 1. The van der Waals surface area contributed by atoms with Gasteiger partial charge < -0.3 is 5.32 Å². The Bertz CT molecular complexity index is 403. The molecule has 1 aliphatic carbocycles.